The molecule has 0 saturated carbocycles. The summed E-state index contributed by atoms with van der Waals surface area (Å²) in [6.07, 6.45) is 1.20. The number of nitrogens with two attached hydrogens (primary N) is 1. The molecule has 0 fully saturated rings. The van der Waals surface area contributed by atoms with Crippen molar-refractivity contribution < 1.29 is 27.8 Å². The number of amides is 1. The Morgan fingerprint density at radius 3 is 2.38 bits per heavy atom. The lowest BCUT2D eigenvalue weighted by atomic mass is 9.81. The predicted molar refractivity (Wildman–Crippen MR) is 95.0 cm³/mol. The topological polar surface area (TPSA) is 74.0 Å². The van der Waals surface area contributed by atoms with Gasteiger partial charge in [0.25, 0.3) is 0 Å². The van der Waals surface area contributed by atoms with Crippen LogP contribution in [-0.4, -0.2) is 37.8 Å². The molecule has 0 saturated heterocycles. The zero-order valence-corrected chi connectivity index (χ0v) is 15.9. The third-order valence-electron chi connectivity index (χ3n) is 4.72. The monoisotopic (exact) mass is 394 g/mol. The van der Waals surface area contributed by atoms with Crippen LogP contribution in [-0.2, 0) is 11.3 Å². The van der Waals surface area contributed by atoms with Crippen LogP contribution in [0.2, 0.25) is 0 Å². The molecule has 1 aromatic rings. The van der Waals surface area contributed by atoms with Gasteiger partial charge in [0.15, 0.2) is 11.5 Å². The average molecular weight is 395 g/mol. The largest absolute Gasteiger partial charge is 0.454 e. The number of halogens is 3. The molecule has 26 heavy (non-hydrogen) atoms. The standard InChI is InChI=1S/C17H24F2N2O4.ClH/c1-4-17(5-2,9-20)15(22)21(3)8-11-6-13-14(24-10-23-13)7-12(11)25-16(18)19;/h6-7,16H,4-5,8-10,20H2,1-3H3;1H. The molecule has 1 amide bonds. The highest BCUT2D eigenvalue weighted by Gasteiger charge is 2.36. The van der Waals surface area contributed by atoms with Crippen molar-refractivity contribution in [3.05, 3.63) is 17.7 Å². The Morgan fingerprint density at radius 2 is 1.88 bits per heavy atom. The van der Waals surface area contributed by atoms with E-state index in [0.717, 1.165) is 0 Å². The molecule has 1 aromatic carbocycles. The summed E-state index contributed by atoms with van der Waals surface area (Å²) in [6, 6.07) is 2.92. The van der Waals surface area contributed by atoms with E-state index in [2.05, 4.69) is 4.74 Å². The van der Waals surface area contributed by atoms with Gasteiger partial charge in [0.2, 0.25) is 12.7 Å². The van der Waals surface area contributed by atoms with Gasteiger partial charge in [-0.15, -0.1) is 12.4 Å². The average Bonchev–Trinajstić information content (AvgIpc) is 3.03. The van der Waals surface area contributed by atoms with E-state index in [0.29, 0.717) is 29.9 Å². The third kappa shape index (κ3) is 4.48. The van der Waals surface area contributed by atoms with E-state index in [1.54, 1.807) is 13.1 Å². The molecule has 0 spiro atoms. The summed E-state index contributed by atoms with van der Waals surface area (Å²) in [7, 11) is 1.62. The summed E-state index contributed by atoms with van der Waals surface area (Å²) in [5, 5.41) is 0. The van der Waals surface area contributed by atoms with Gasteiger partial charge in [0.1, 0.15) is 5.75 Å². The molecule has 0 aliphatic carbocycles. The Balaban J connectivity index is 0.00000338. The molecule has 148 valence electrons. The maximum absolute atomic E-state index is 12.8. The maximum Gasteiger partial charge on any atom is 0.387 e. The van der Waals surface area contributed by atoms with Crippen LogP contribution in [0.5, 0.6) is 17.2 Å². The Bertz CT molecular complexity index is 619. The van der Waals surface area contributed by atoms with E-state index in [1.165, 1.54) is 11.0 Å². The normalized spacial score (nSPS) is 12.7. The second-order valence-corrected chi connectivity index (χ2v) is 6.04. The molecular formula is C17H25ClF2N2O4. The van der Waals surface area contributed by atoms with Crippen molar-refractivity contribution >= 4 is 18.3 Å². The number of ether oxygens (including phenoxy) is 3. The molecular weight excluding hydrogens is 370 g/mol. The lowest BCUT2D eigenvalue weighted by Gasteiger charge is -2.33. The molecule has 9 heteroatoms. The first-order valence-electron chi connectivity index (χ1n) is 8.19. The Kier molecular flexibility index (Phi) is 7.89. The van der Waals surface area contributed by atoms with E-state index < -0.39 is 12.0 Å². The summed E-state index contributed by atoms with van der Waals surface area (Å²) in [5.74, 6) is 0.617. The fourth-order valence-corrected chi connectivity index (χ4v) is 2.96. The van der Waals surface area contributed by atoms with Crippen LogP contribution in [0, 0.1) is 5.41 Å². The quantitative estimate of drug-likeness (QED) is 0.733. The summed E-state index contributed by atoms with van der Waals surface area (Å²) >= 11 is 0. The van der Waals surface area contributed by atoms with Gasteiger partial charge in [0.05, 0.1) is 5.41 Å². The SMILES string of the molecule is CCC(CC)(CN)C(=O)N(C)Cc1cc2c(cc1OC(F)F)OCO2.Cl. The number of hydrogen-bond donors (Lipinski definition) is 1. The first kappa shape index (κ1) is 22.2. The van der Waals surface area contributed by atoms with Crippen LogP contribution in [0.25, 0.3) is 0 Å². The number of nitrogens with zero attached hydrogens (tertiary/aromatic N) is 1. The zero-order valence-electron chi connectivity index (χ0n) is 15.1. The zero-order chi connectivity index (χ0) is 18.6. The number of hydrogen-bond acceptors (Lipinski definition) is 5. The van der Waals surface area contributed by atoms with E-state index in [4.69, 9.17) is 15.2 Å². The van der Waals surface area contributed by atoms with Crippen molar-refractivity contribution in [2.75, 3.05) is 20.4 Å². The van der Waals surface area contributed by atoms with Crippen molar-refractivity contribution in [1.82, 2.24) is 4.90 Å². The molecule has 1 aliphatic heterocycles. The number of alkyl halides is 2. The first-order chi connectivity index (χ1) is 11.9. The van der Waals surface area contributed by atoms with Crippen LogP contribution < -0.4 is 19.9 Å². The number of rotatable bonds is 8. The molecule has 6 nitrogen and oxygen atoms in total. The van der Waals surface area contributed by atoms with Gasteiger partial charge in [-0.1, -0.05) is 13.8 Å². The van der Waals surface area contributed by atoms with Gasteiger partial charge < -0.3 is 24.8 Å². The van der Waals surface area contributed by atoms with Crippen LogP contribution in [0.4, 0.5) is 8.78 Å². The molecule has 0 aromatic heterocycles. The van der Waals surface area contributed by atoms with Gasteiger partial charge >= 0.3 is 6.61 Å². The molecule has 1 heterocycles. The fourth-order valence-electron chi connectivity index (χ4n) is 2.96. The summed E-state index contributed by atoms with van der Waals surface area (Å²) in [5.41, 5.74) is 5.58. The summed E-state index contributed by atoms with van der Waals surface area (Å²) in [4.78, 5) is 14.3. The molecule has 1 aliphatic rings. The molecule has 0 atom stereocenters. The van der Waals surface area contributed by atoms with E-state index in [-0.39, 0.29) is 43.9 Å². The van der Waals surface area contributed by atoms with Crippen LogP contribution >= 0.6 is 12.4 Å². The minimum atomic E-state index is -2.98. The van der Waals surface area contributed by atoms with Crippen LogP contribution in [0.1, 0.15) is 32.3 Å². The van der Waals surface area contributed by atoms with Crippen LogP contribution in [0.3, 0.4) is 0 Å². The summed E-state index contributed by atoms with van der Waals surface area (Å²) < 4.78 is 40.5. The molecule has 0 bridgehead atoms. The molecule has 2 rings (SSSR count). The van der Waals surface area contributed by atoms with Crippen LogP contribution in [0.15, 0.2) is 12.1 Å². The molecule has 0 radical (unpaired) electrons. The summed E-state index contributed by atoms with van der Waals surface area (Å²) in [6.45, 7) is 1.19. The van der Waals surface area contributed by atoms with Gasteiger partial charge in [0, 0.05) is 31.8 Å². The van der Waals surface area contributed by atoms with Gasteiger partial charge in [-0.3, -0.25) is 4.79 Å². The Hall–Kier alpha value is -1.80. The first-order valence-corrected chi connectivity index (χ1v) is 8.19. The second kappa shape index (κ2) is 9.23. The van der Waals surface area contributed by atoms with Crippen molar-refractivity contribution in [1.29, 1.82) is 0 Å². The number of carbonyl (C=O) groups is 1. The lowest BCUT2D eigenvalue weighted by molar-refractivity contribution is -0.141. The van der Waals surface area contributed by atoms with Crippen molar-refractivity contribution in [3.63, 3.8) is 0 Å². The number of benzene rings is 1. The highest BCUT2D eigenvalue weighted by atomic mass is 35.5. The number of carbonyl (C=O) groups excluding carboxylic acids is 1. The van der Waals surface area contributed by atoms with Gasteiger partial charge in [-0.05, 0) is 18.9 Å². The third-order valence-corrected chi connectivity index (χ3v) is 4.72. The minimum Gasteiger partial charge on any atom is -0.454 e. The second-order valence-electron chi connectivity index (χ2n) is 6.04. The van der Waals surface area contributed by atoms with E-state index in [9.17, 15) is 13.6 Å². The highest BCUT2D eigenvalue weighted by Crippen LogP contribution is 2.39. The fraction of sp³-hybridized carbons (Fsp3) is 0.588. The number of fused-ring (bicyclic) bond motifs is 1. The smallest absolute Gasteiger partial charge is 0.387 e. The molecule has 2 N–H and O–H groups in total. The maximum atomic E-state index is 12.8. The highest BCUT2D eigenvalue weighted by molar-refractivity contribution is 5.85. The lowest BCUT2D eigenvalue weighted by Crippen LogP contribution is -2.45. The Labute approximate surface area is 158 Å². The van der Waals surface area contributed by atoms with E-state index in [1.807, 2.05) is 13.8 Å². The van der Waals surface area contributed by atoms with Gasteiger partial charge in [-0.2, -0.15) is 8.78 Å². The predicted octanol–water partition coefficient (Wildman–Crippen LogP) is 3.16. The van der Waals surface area contributed by atoms with Crippen molar-refractivity contribution in [2.45, 2.75) is 39.8 Å². The Morgan fingerprint density at radius 1 is 1.31 bits per heavy atom. The molecule has 0 unspecified atom stereocenters. The van der Waals surface area contributed by atoms with Crippen molar-refractivity contribution in [3.8, 4) is 17.2 Å². The van der Waals surface area contributed by atoms with E-state index >= 15 is 0 Å². The van der Waals surface area contributed by atoms with Crippen molar-refractivity contribution in [2.24, 2.45) is 11.1 Å². The minimum absolute atomic E-state index is 0. The van der Waals surface area contributed by atoms with Gasteiger partial charge in [-0.25, -0.2) is 0 Å².